The molecule has 5 nitrogen and oxygen atoms in total. The second-order valence-corrected chi connectivity index (χ2v) is 6.08. The van der Waals surface area contributed by atoms with Crippen LogP contribution < -0.4 is 5.32 Å². The summed E-state index contributed by atoms with van der Waals surface area (Å²) in [6.45, 7) is 2.52. The van der Waals surface area contributed by atoms with Crippen molar-refractivity contribution in [3.05, 3.63) is 35.1 Å². The second-order valence-electron chi connectivity index (χ2n) is 6.08. The predicted molar refractivity (Wildman–Crippen MR) is 79.1 cm³/mol. The van der Waals surface area contributed by atoms with E-state index in [9.17, 15) is 18.0 Å². The monoisotopic (exact) mass is 344 g/mol. The van der Waals surface area contributed by atoms with E-state index in [1.165, 1.54) is 6.07 Å². The lowest BCUT2D eigenvalue weighted by atomic mass is 9.95. The fourth-order valence-corrected chi connectivity index (χ4v) is 3.14. The molecule has 2 heterocycles. The Hall–Kier alpha value is -1.64. The molecule has 3 rings (SSSR count). The Bertz CT molecular complexity index is 610. The number of ether oxygens (including phenoxy) is 2. The zero-order valence-corrected chi connectivity index (χ0v) is 13.1. The van der Waals surface area contributed by atoms with Gasteiger partial charge in [-0.3, -0.25) is 4.79 Å². The van der Waals surface area contributed by atoms with Crippen LogP contribution in [0.5, 0.6) is 0 Å². The quantitative estimate of drug-likeness (QED) is 0.879. The summed E-state index contributed by atoms with van der Waals surface area (Å²) in [7, 11) is 0. The molecule has 1 aromatic carbocycles. The first-order chi connectivity index (χ1) is 11.5. The van der Waals surface area contributed by atoms with Crippen molar-refractivity contribution >= 4 is 5.91 Å². The summed E-state index contributed by atoms with van der Waals surface area (Å²) in [6, 6.07) is 3.66. The van der Waals surface area contributed by atoms with Gasteiger partial charge in [0.1, 0.15) is 18.0 Å². The number of amides is 1. The lowest BCUT2D eigenvalue weighted by Crippen LogP contribution is -2.68. The van der Waals surface area contributed by atoms with E-state index >= 15 is 0 Å². The highest BCUT2D eigenvalue weighted by molar-refractivity contribution is 5.79. The number of rotatable bonds is 5. The van der Waals surface area contributed by atoms with Gasteiger partial charge in [-0.2, -0.15) is 0 Å². The molecule has 0 aliphatic carbocycles. The van der Waals surface area contributed by atoms with E-state index in [-0.39, 0.29) is 12.5 Å². The first-order valence-electron chi connectivity index (χ1n) is 7.75. The van der Waals surface area contributed by atoms with Crippen molar-refractivity contribution in [3.63, 3.8) is 0 Å². The molecular formula is C16H19F3N2O3. The molecule has 2 fully saturated rings. The minimum Gasteiger partial charge on any atom is -0.377 e. The zero-order chi connectivity index (χ0) is 17.2. The van der Waals surface area contributed by atoms with Crippen LogP contribution in [0.15, 0.2) is 18.2 Å². The molecule has 8 heteroatoms. The third kappa shape index (κ3) is 3.40. The van der Waals surface area contributed by atoms with Crippen molar-refractivity contribution in [1.82, 2.24) is 10.2 Å². The number of morpholine rings is 2. The third-order valence-corrected chi connectivity index (χ3v) is 4.38. The normalized spacial score (nSPS) is 24.3. The van der Waals surface area contributed by atoms with Crippen molar-refractivity contribution in [2.75, 3.05) is 39.5 Å². The number of carbonyl (C=O) groups is 1. The average molecular weight is 344 g/mol. The Morgan fingerprint density at radius 3 is 2.83 bits per heavy atom. The SMILES string of the molecule is O=C1COCC2(CNCc3ccc(C(F)F)c(F)c3)COCCN12. The minimum absolute atomic E-state index is 0.0707. The van der Waals surface area contributed by atoms with Crippen LogP contribution in [0.2, 0.25) is 0 Å². The summed E-state index contributed by atoms with van der Waals surface area (Å²) in [5, 5.41) is 3.15. The molecule has 1 unspecified atom stereocenters. The van der Waals surface area contributed by atoms with Crippen LogP contribution in [0.3, 0.4) is 0 Å². The van der Waals surface area contributed by atoms with Crippen molar-refractivity contribution in [1.29, 1.82) is 0 Å². The van der Waals surface area contributed by atoms with E-state index in [0.717, 1.165) is 12.1 Å². The first kappa shape index (κ1) is 17.2. The second kappa shape index (κ2) is 7.08. The summed E-state index contributed by atoms with van der Waals surface area (Å²) < 4.78 is 49.6. The van der Waals surface area contributed by atoms with Gasteiger partial charge in [0.25, 0.3) is 6.43 Å². The van der Waals surface area contributed by atoms with E-state index in [1.807, 2.05) is 0 Å². The number of benzene rings is 1. The fourth-order valence-electron chi connectivity index (χ4n) is 3.14. The van der Waals surface area contributed by atoms with E-state index in [2.05, 4.69) is 5.32 Å². The summed E-state index contributed by atoms with van der Waals surface area (Å²) in [5.41, 5.74) is -0.621. The van der Waals surface area contributed by atoms with Gasteiger partial charge in [-0.05, 0) is 11.6 Å². The van der Waals surface area contributed by atoms with Gasteiger partial charge in [-0.15, -0.1) is 0 Å². The number of hydrogen-bond acceptors (Lipinski definition) is 4. The summed E-state index contributed by atoms with van der Waals surface area (Å²) in [5.74, 6) is -0.986. The average Bonchev–Trinajstić information content (AvgIpc) is 2.55. The van der Waals surface area contributed by atoms with Gasteiger partial charge in [-0.1, -0.05) is 12.1 Å². The van der Waals surface area contributed by atoms with Gasteiger partial charge >= 0.3 is 0 Å². The standard InChI is InChI=1S/C16H19F3N2O3/c17-13-5-11(1-2-12(13)15(18)19)6-20-8-16-9-23-4-3-21(16)14(22)7-24-10-16/h1-2,5,15,20H,3-4,6-10H2. The molecule has 24 heavy (non-hydrogen) atoms. The molecule has 2 aliphatic heterocycles. The molecule has 1 aromatic rings. The number of halogens is 3. The highest BCUT2D eigenvalue weighted by Gasteiger charge is 2.45. The molecule has 1 atom stereocenters. The maximum Gasteiger partial charge on any atom is 0.266 e. The number of nitrogens with one attached hydrogen (secondary N) is 1. The number of nitrogens with zero attached hydrogens (tertiary/aromatic N) is 1. The third-order valence-electron chi connectivity index (χ3n) is 4.38. The van der Waals surface area contributed by atoms with Gasteiger partial charge in [0, 0.05) is 19.6 Å². The highest BCUT2D eigenvalue weighted by atomic mass is 19.3. The van der Waals surface area contributed by atoms with Gasteiger partial charge < -0.3 is 19.7 Å². The lowest BCUT2D eigenvalue weighted by Gasteiger charge is -2.49. The smallest absolute Gasteiger partial charge is 0.266 e. The Morgan fingerprint density at radius 1 is 1.29 bits per heavy atom. The van der Waals surface area contributed by atoms with E-state index in [4.69, 9.17) is 9.47 Å². The number of alkyl halides is 2. The van der Waals surface area contributed by atoms with E-state index < -0.39 is 23.3 Å². The Morgan fingerprint density at radius 2 is 2.08 bits per heavy atom. The van der Waals surface area contributed by atoms with E-state index in [0.29, 0.717) is 45.0 Å². The van der Waals surface area contributed by atoms with Crippen molar-refractivity contribution in [2.24, 2.45) is 0 Å². The molecule has 1 amide bonds. The van der Waals surface area contributed by atoms with Crippen molar-refractivity contribution < 1.29 is 27.4 Å². The molecule has 0 bridgehead atoms. The van der Waals surface area contributed by atoms with E-state index in [1.54, 1.807) is 4.90 Å². The molecule has 2 aliphatic rings. The van der Waals surface area contributed by atoms with Gasteiger partial charge in [-0.25, -0.2) is 13.2 Å². The van der Waals surface area contributed by atoms with Gasteiger partial charge in [0.15, 0.2) is 0 Å². The predicted octanol–water partition coefficient (Wildman–Crippen LogP) is 1.48. The zero-order valence-electron chi connectivity index (χ0n) is 13.1. The highest BCUT2D eigenvalue weighted by Crippen LogP contribution is 2.25. The van der Waals surface area contributed by atoms with Crippen LogP contribution in [0, 0.1) is 5.82 Å². The Kier molecular flexibility index (Phi) is 5.07. The Labute approximate surface area is 137 Å². The summed E-state index contributed by atoms with van der Waals surface area (Å²) >= 11 is 0. The molecule has 0 radical (unpaired) electrons. The van der Waals surface area contributed by atoms with Crippen LogP contribution in [-0.4, -0.2) is 55.9 Å². The van der Waals surface area contributed by atoms with Gasteiger partial charge in [0.2, 0.25) is 5.91 Å². The van der Waals surface area contributed by atoms with Crippen molar-refractivity contribution in [2.45, 2.75) is 18.5 Å². The summed E-state index contributed by atoms with van der Waals surface area (Å²) in [6.07, 6.45) is -2.83. The fraction of sp³-hybridized carbons (Fsp3) is 0.562. The minimum atomic E-state index is -2.83. The van der Waals surface area contributed by atoms with Crippen LogP contribution in [0.4, 0.5) is 13.2 Å². The lowest BCUT2D eigenvalue weighted by molar-refractivity contribution is -0.176. The van der Waals surface area contributed by atoms with Crippen LogP contribution in [0.1, 0.15) is 17.6 Å². The van der Waals surface area contributed by atoms with Crippen LogP contribution in [-0.2, 0) is 20.8 Å². The first-order valence-corrected chi connectivity index (χ1v) is 7.75. The largest absolute Gasteiger partial charge is 0.377 e. The molecule has 2 saturated heterocycles. The number of fused-ring (bicyclic) bond motifs is 1. The molecule has 1 N–H and O–H groups in total. The Balaban J connectivity index is 1.62. The summed E-state index contributed by atoms with van der Waals surface area (Å²) in [4.78, 5) is 13.8. The molecule has 0 aromatic heterocycles. The number of carbonyl (C=O) groups excluding carboxylic acids is 1. The van der Waals surface area contributed by atoms with Crippen LogP contribution in [0.25, 0.3) is 0 Å². The van der Waals surface area contributed by atoms with Crippen LogP contribution >= 0.6 is 0 Å². The van der Waals surface area contributed by atoms with Crippen molar-refractivity contribution in [3.8, 4) is 0 Å². The molecule has 0 saturated carbocycles. The molecule has 0 spiro atoms. The maximum absolute atomic E-state index is 13.6. The number of hydrogen-bond donors (Lipinski definition) is 1. The molecule has 132 valence electrons. The maximum atomic E-state index is 13.6. The van der Waals surface area contributed by atoms with Gasteiger partial charge in [0.05, 0.1) is 25.4 Å². The topological polar surface area (TPSA) is 50.8 Å². The molecular weight excluding hydrogens is 325 g/mol.